The standard InChI is InChI=1S/C32H21N3/c1-2-6-22-18(4-1)13-25-23(22)7-8-24-26-15-20-12-21-17-33-11-9-30(21)35-31(20)29(28(26)16-27(24)25)14-19-5-3-10-34-32(19)35/h1-11,15,17H,12-14,16H2. The lowest BCUT2D eigenvalue weighted by molar-refractivity contribution is 0.960. The summed E-state index contributed by atoms with van der Waals surface area (Å²) in [4.78, 5) is 11.7. The monoisotopic (exact) mass is 447 g/mol. The number of rotatable bonds is 0. The summed E-state index contributed by atoms with van der Waals surface area (Å²) in [5, 5.41) is 0. The molecule has 0 saturated heterocycles. The van der Waals surface area contributed by atoms with Crippen LogP contribution in [-0.4, -0.2) is 9.97 Å². The van der Waals surface area contributed by atoms with E-state index in [2.05, 4.69) is 70.5 Å². The average Bonchev–Trinajstić information content (AvgIpc) is 3.47. The van der Waals surface area contributed by atoms with Crippen molar-refractivity contribution >= 4 is 17.2 Å². The van der Waals surface area contributed by atoms with Gasteiger partial charge in [0.25, 0.3) is 0 Å². The Balaban J connectivity index is 1.30. The zero-order valence-electron chi connectivity index (χ0n) is 19.2. The topological polar surface area (TPSA) is 29.0 Å². The minimum Gasteiger partial charge on any atom is -0.294 e. The van der Waals surface area contributed by atoms with E-state index >= 15 is 0 Å². The van der Waals surface area contributed by atoms with Gasteiger partial charge in [0.05, 0.1) is 11.4 Å². The third-order valence-corrected chi connectivity index (χ3v) is 8.52. The summed E-state index contributed by atoms with van der Waals surface area (Å²) < 4.78 is 0. The molecule has 3 nitrogen and oxygen atoms in total. The van der Waals surface area contributed by atoms with E-state index in [4.69, 9.17) is 4.98 Å². The molecule has 2 aliphatic carbocycles. The van der Waals surface area contributed by atoms with Crippen LogP contribution in [0.2, 0.25) is 0 Å². The first-order chi connectivity index (χ1) is 17.3. The quantitative estimate of drug-likeness (QED) is 0.253. The summed E-state index contributed by atoms with van der Waals surface area (Å²) in [5.74, 6) is 1.07. The second-order valence-corrected chi connectivity index (χ2v) is 10.2. The lowest BCUT2D eigenvalue weighted by Gasteiger charge is -2.39. The van der Waals surface area contributed by atoms with Crippen LogP contribution < -0.4 is 4.90 Å². The molecule has 4 aliphatic rings. The molecule has 35 heavy (non-hydrogen) atoms. The molecule has 0 saturated carbocycles. The zero-order chi connectivity index (χ0) is 22.7. The van der Waals surface area contributed by atoms with Gasteiger partial charge in [0, 0.05) is 31.4 Å². The van der Waals surface area contributed by atoms with Gasteiger partial charge in [-0.05, 0) is 97.8 Å². The van der Waals surface area contributed by atoms with E-state index in [0.717, 1.165) is 31.5 Å². The van der Waals surface area contributed by atoms with Crippen molar-refractivity contribution in [2.24, 2.45) is 0 Å². The smallest absolute Gasteiger partial charge is 0.141 e. The van der Waals surface area contributed by atoms with Crippen molar-refractivity contribution < 1.29 is 0 Å². The molecule has 3 heteroatoms. The molecule has 2 aliphatic heterocycles. The van der Waals surface area contributed by atoms with E-state index in [-0.39, 0.29) is 0 Å². The Morgan fingerprint density at radius 2 is 1.37 bits per heavy atom. The van der Waals surface area contributed by atoms with E-state index in [1.165, 1.54) is 78.1 Å². The van der Waals surface area contributed by atoms with Crippen LogP contribution in [0, 0.1) is 0 Å². The Kier molecular flexibility index (Phi) is 3.24. The molecule has 0 unspecified atom stereocenters. The predicted molar refractivity (Wildman–Crippen MR) is 139 cm³/mol. The van der Waals surface area contributed by atoms with Crippen LogP contribution in [-0.2, 0) is 25.7 Å². The molecule has 0 amide bonds. The van der Waals surface area contributed by atoms with Crippen molar-refractivity contribution in [3.8, 4) is 22.3 Å². The molecule has 0 atom stereocenters. The van der Waals surface area contributed by atoms with Gasteiger partial charge in [-0.3, -0.25) is 9.88 Å². The number of hydrogen-bond donors (Lipinski definition) is 0. The van der Waals surface area contributed by atoms with Gasteiger partial charge >= 0.3 is 0 Å². The van der Waals surface area contributed by atoms with E-state index in [1.807, 2.05) is 18.6 Å². The highest BCUT2D eigenvalue weighted by molar-refractivity contribution is 5.94. The number of pyridine rings is 2. The summed E-state index contributed by atoms with van der Waals surface area (Å²) in [6.45, 7) is 0. The van der Waals surface area contributed by atoms with Crippen LogP contribution in [0.25, 0.3) is 22.3 Å². The maximum absolute atomic E-state index is 4.85. The summed E-state index contributed by atoms with van der Waals surface area (Å²) >= 11 is 0. The number of aromatic nitrogens is 2. The molecule has 164 valence electrons. The minimum atomic E-state index is 0.920. The van der Waals surface area contributed by atoms with Crippen LogP contribution in [0.5, 0.6) is 0 Å². The van der Waals surface area contributed by atoms with Crippen molar-refractivity contribution in [2.45, 2.75) is 25.7 Å². The maximum Gasteiger partial charge on any atom is 0.141 e. The third kappa shape index (κ3) is 2.21. The van der Waals surface area contributed by atoms with Crippen molar-refractivity contribution in [3.63, 3.8) is 0 Å². The summed E-state index contributed by atoms with van der Waals surface area (Å²) in [5.41, 5.74) is 19.8. The van der Waals surface area contributed by atoms with Gasteiger partial charge < -0.3 is 0 Å². The van der Waals surface area contributed by atoms with Gasteiger partial charge in [-0.2, -0.15) is 0 Å². The SMILES string of the molecule is c1ccc2c(c1)Cc1c-2ccc2c1Cc1c-2cc2c3c1Cc1cccnc1N3c1ccncc1C2. The molecular formula is C32H21N3. The van der Waals surface area contributed by atoms with E-state index in [1.54, 1.807) is 0 Å². The fourth-order valence-corrected chi connectivity index (χ4v) is 7.06. The number of fused-ring (bicyclic) bond motifs is 12. The fraction of sp³-hybridized carbons (Fsp3) is 0.125. The van der Waals surface area contributed by atoms with Crippen molar-refractivity contribution in [2.75, 3.05) is 4.90 Å². The van der Waals surface area contributed by atoms with Crippen LogP contribution in [0.15, 0.2) is 79.3 Å². The molecule has 9 rings (SSSR count). The van der Waals surface area contributed by atoms with Crippen LogP contribution in [0.4, 0.5) is 17.2 Å². The summed E-state index contributed by atoms with van der Waals surface area (Å²) in [6.07, 6.45) is 9.80. The average molecular weight is 448 g/mol. The fourth-order valence-electron chi connectivity index (χ4n) is 7.06. The Hall–Kier alpha value is -4.24. The Morgan fingerprint density at radius 1 is 0.571 bits per heavy atom. The van der Waals surface area contributed by atoms with Crippen molar-refractivity contribution in [1.82, 2.24) is 9.97 Å². The normalized spacial score (nSPS) is 14.9. The van der Waals surface area contributed by atoms with Crippen molar-refractivity contribution in [1.29, 1.82) is 0 Å². The molecule has 0 N–H and O–H groups in total. The molecule has 0 fully saturated rings. The predicted octanol–water partition coefficient (Wildman–Crippen LogP) is 6.90. The van der Waals surface area contributed by atoms with Gasteiger partial charge in [0.2, 0.25) is 0 Å². The summed E-state index contributed by atoms with van der Waals surface area (Å²) in [7, 11) is 0. The lowest BCUT2D eigenvalue weighted by atomic mass is 9.83. The highest BCUT2D eigenvalue weighted by Gasteiger charge is 2.37. The molecule has 4 heterocycles. The van der Waals surface area contributed by atoms with Gasteiger partial charge in [-0.15, -0.1) is 0 Å². The first kappa shape index (κ1) is 18.1. The van der Waals surface area contributed by atoms with Gasteiger partial charge in [0.1, 0.15) is 5.82 Å². The highest BCUT2D eigenvalue weighted by Crippen LogP contribution is 2.55. The zero-order valence-corrected chi connectivity index (χ0v) is 19.2. The molecule has 0 spiro atoms. The van der Waals surface area contributed by atoms with Crippen LogP contribution >= 0.6 is 0 Å². The molecule has 3 aromatic carbocycles. The second kappa shape index (κ2) is 6.25. The van der Waals surface area contributed by atoms with Crippen LogP contribution in [0.1, 0.15) is 44.5 Å². The minimum absolute atomic E-state index is 0.920. The maximum atomic E-state index is 4.85. The van der Waals surface area contributed by atoms with Gasteiger partial charge in [-0.1, -0.05) is 42.5 Å². The van der Waals surface area contributed by atoms with Crippen molar-refractivity contribution in [3.05, 3.63) is 124 Å². The Bertz CT molecular complexity index is 1750. The number of hydrogen-bond acceptors (Lipinski definition) is 3. The Morgan fingerprint density at radius 3 is 2.34 bits per heavy atom. The number of nitrogens with zero attached hydrogens (tertiary/aromatic N) is 3. The summed E-state index contributed by atoms with van der Waals surface area (Å²) in [6, 6.07) is 22.6. The first-order valence-corrected chi connectivity index (χ1v) is 12.4. The number of anilines is 3. The van der Waals surface area contributed by atoms with E-state index < -0.39 is 0 Å². The number of benzene rings is 3. The molecule has 2 aromatic heterocycles. The highest BCUT2D eigenvalue weighted by atomic mass is 15.2. The third-order valence-electron chi connectivity index (χ3n) is 8.52. The van der Waals surface area contributed by atoms with Gasteiger partial charge in [-0.25, -0.2) is 4.98 Å². The molecule has 0 radical (unpaired) electrons. The molecule has 0 bridgehead atoms. The van der Waals surface area contributed by atoms with Crippen LogP contribution in [0.3, 0.4) is 0 Å². The van der Waals surface area contributed by atoms with E-state index in [0.29, 0.717) is 0 Å². The second-order valence-electron chi connectivity index (χ2n) is 10.2. The largest absolute Gasteiger partial charge is 0.294 e. The Labute approximate surface area is 203 Å². The van der Waals surface area contributed by atoms with Gasteiger partial charge in [0.15, 0.2) is 0 Å². The van der Waals surface area contributed by atoms with E-state index in [9.17, 15) is 0 Å². The lowest BCUT2D eigenvalue weighted by Crippen LogP contribution is -2.26. The first-order valence-electron chi connectivity index (χ1n) is 12.4. The molecule has 5 aromatic rings. The molecular weight excluding hydrogens is 426 g/mol.